The first kappa shape index (κ1) is 13.8. The highest BCUT2D eigenvalue weighted by Crippen LogP contribution is 2.21. The molecule has 6 heteroatoms. The Balaban J connectivity index is 2.08. The molecule has 1 aromatic rings. The summed E-state index contributed by atoms with van der Waals surface area (Å²) in [4.78, 5) is 23.2. The highest BCUT2D eigenvalue weighted by atomic mass is 35.5. The smallest absolute Gasteiger partial charge is 0.250 e. The predicted molar refractivity (Wildman–Crippen MR) is 74.2 cm³/mol. The van der Waals surface area contributed by atoms with Crippen LogP contribution in [-0.2, 0) is 4.79 Å². The summed E-state index contributed by atoms with van der Waals surface area (Å²) in [6.45, 7) is 1.70. The number of nitrogens with two attached hydrogens (primary N) is 1. The second-order valence-corrected chi connectivity index (χ2v) is 4.98. The number of rotatable bonds is 3. The number of hydrogen-bond acceptors (Lipinski definition) is 3. The Bertz CT molecular complexity index is 499. The molecule has 0 unspecified atom stereocenters. The lowest BCUT2D eigenvalue weighted by Crippen LogP contribution is -2.34. The monoisotopic (exact) mass is 281 g/mol. The van der Waals surface area contributed by atoms with E-state index in [4.69, 9.17) is 17.3 Å². The van der Waals surface area contributed by atoms with Gasteiger partial charge in [0.05, 0.1) is 10.6 Å². The number of primary amides is 1. The molecule has 0 bridgehead atoms. The number of hydrogen-bond donors (Lipinski definition) is 3. The van der Waals surface area contributed by atoms with Crippen molar-refractivity contribution in [3.8, 4) is 0 Å². The second kappa shape index (κ2) is 6.04. The molecule has 1 aliphatic heterocycles. The van der Waals surface area contributed by atoms with Crippen LogP contribution in [0, 0.1) is 5.92 Å². The molecule has 2 amide bonds. The molecule has 1 heterocycles. The summed E-state index contributed by atoms with van der Waals surface area (Å²) in [7, 11) is 0. The molecule has 5 nitrogen and oxygen atoms in total. The van der Waals surface area contributed by atoms with Crippen molar-refractivity contribution >= 4 is 29.1 Å². The summed E-state index contributed by atoms with van der Waals surface area (Å²) < 4.78 is 0. The molecule has 0 saturated carbocycles. The van der Waals surface area contributed by atoms with Crippen molar-refractivity contribution in [1.82, 2.24) is 5.32 Å². The third-order valence-corrected chi connectivity index (χ3v) is 3.54. The van der Waals surface area contributed by atoms with E-state index in [2.05, 4.69) is 10.6 Å². The average Bonchev–Trinajstić information content (AvgIpc) is 2.41. The highest BCUT2D eigenvalue weighted by molar-refractivity contribution is 6.33. The summed E-state index contributed by atoms with van der Waals surface area (Å²) >= 11 is 5.85. The minimum absolute atomic E-state index is 0.00829. The van der Waals surface area contributed by atoms with E-state index in [9.17, 15) is 9.59 Å². The van der Waals surface area contributed by atoms with Crippen molar-refractivity contribution in [2.45, 2.75) is 12.8 Å². The van der Waals surface area contributed by atoms with Gasteiger partial charge < -0.3 is 16.4 Å². The van der Waals surface area contributed by atoms with E-state index in [0.29, 0.717) is 5.69 Å². The zero-order chi connectivity index (χ0) is 13.8. The van der Waals surface area contributed by atoms with E-state index >= 15 is 0 Å². The van der Waals surface area contributed by atoms with Crippen molar-refractivity contribution in [3.63, 3.8) is 0 Å². The molecule has 0 radical (unpaired) electrons. The van der Waals surface area contributed by atoms with Gasteiger partial charge in [0.25, 0.3) is 0 Å². The summed E-state index contributed by atoms with van der Waals surface area (Å²) in [6.07, 6.45) is 1.64. The Kier molecular flexibility index (Phi) is 4.39. The van der Waals surface area contributed by atoms with E-state index < -0.39 is 5.91 Å². The average molecular weight is 282 g/mol. The third-order valence-electron chi connectivity index (χ3n) is 3.21. The van der Waals surface area contributed by atoms with Crippen LogP contribution in [0.15, 0.2) is 18.2 Å². The molecule has 1 aromatic carbocycles. The number of anilines is 1. The fourth-order valence-corrected chi connectivity index (χ4v) is 2.33. The third kappa shape index (κ3) is 3.45. The van der Waals surface area contributed by atoms with Gasteiger partial charge in [-0.15, -0.1) is 0 Å². The van der Waals surface area contributed by atoms with Gasteiger partial charge in [-0.25, -0.2) is 0 Å². The number of benzene rings is 1. The van der Waals surface area contributed by atoms with Crippen LogP contribution in [0.2, 0.25) is 5.02 Å². The van der Waals surface area contributed by atoms with Gasteiger partial charge in [0.2, 0.25) is 11.8 Å². The minimum atomic E-state index is -0.608. The van der Waals surface area contributed by atoms with Gasteiger partial charge >= 0.3 is 0 Å². The molecule has 1 aliphatic rings. The van der Waals surface area contributed by atoms with Crippen LogP contribution in [0.5, 0.6) is 0 Å². The Labute approximate surface area is 116 Å². The van der Waals surface area contributed by atoms with Gasteiger partial charge in [-0.3, -0.25) is 9.59 Å². The summed E-state index contributed by atoms with van der Waals surface area (Å²) in [5.41, 5.74) is 5.97. The quantitative estimate of drug-likeness (QED) is 0.782. The largest absolute Gasteiger partial charge is 0.366 e. The van der Waals surface area contributed by atoms with Gasteiger partial charge in [-0.1, -0.05) is 11.6 Å². The number of nitrogens with one attached hydrogen (secondary N) is 2. The Hall–Kier alpha value is -1.59. The Morgan fingerprint density at radius 1 is 1.32 bits per heavy atom. The molecule has 0 atom stereocenters. The molecule has 4 N–H and O–H groups in total. The van der Waals surface area contributed by atoms with Gasteiger partial charge in [0, 0.05) is 11.6 Å². The molecule has 102 valence electrons. The lowest BCUT2D eigenvalue weighted by Gasteiger charge is -2.21. The Morgan fingerprint density at radius 3 is 2.63 bits per heavy atom. The standard InChI is InChI=1S/C13H16ClN3O2/c14-11-2-1-9(7-10(11)12(15)18)17-13(19)8-3-5-16-6-4-8/h1-2,7-8,16H,3-6H2,(H2,15,18)(H,17,19). The molecule has 0 spiro atoms. The summed E-state index contributed by atoms with van der Waals surface area (Å²) in [6, 6.07) is 4.72. The van der Waals surface area contributed by atoms with E-state index in [1.165, 1.54) is 6.07 Å². The van der Waals surface area contributed by atoms with Gasteiger partial charge in [-0.05, 0) is 44.1 Å². The maximum absolute atomic E-state index is 12.0. The van der Waals surface area contributed by atoms with Crippen LogP contribution in [0.25, 0.3) is 0 Å². The SMILES string of the molecule is NC(=O)c1cc(NC(=O)C2CCNCC2)ccc1Cl. The first-order valence-electron chi connectivity index (χ1n) is 6.19. The molecular formula is C13H16ClN3O2. The Morgan fingerprint density at radius 2 is 2.00 bits per heavy atom. The van der Waals surface area contributed by atoms with Crippen LogP contribution in [0.1, 0.15) is 23.2 Å². The van der Waals surface area contributed by atoms with Gasteiger partial charge in [0.15, 0.2) is 0 Å². The normalized spacial score (nSPS) is 16.1. The van der Waals surface area contributed by atoms with Crippen molar-refractivity contribution in [2.75, 3.05) is 18.4 Å². The maximum Gasteiger partial charge on any atom is 0.250 e. The van der Waals surface area contributed by atoms with E-state index in [0.717, 1.165) is 25.9 Å². The van der Waals surface area contributed by atoms with E-state index in [1.807, 2.05) is 0 Å². The van der Waals surface area contributed by atoms with Crippen LogP contribution in [-0.4, -0.2) is 24.9 Å². The van der Waals surface area contributed by atoms with Crippen LogP contribution in [0.4, 0.5) is 5.69 Å². The zero-order valence-electron chi connectivity index (χ0n) is 10.4. The number of halogens is 1. The number of piperidine rings is 1. The van der Waals surface area contributed by atoms with E-state index in [-0.39, 0.29) is 22.4 Å². The minimum Gasteiger partial charge on any atom is -0.366 e. The first-order chi connectivity index (χ1) is 9.08. The van der Waals surface area contributed by atoms with E-state index in [1.54, 1.807) is 12.1 Å². The summed E-state index contributed by atoms with van der Waals surface area (Å²) in [5.74, 6) is -0.629. The van der Waals surface area contributed by atoms with Gasteiger partial charge in [-0.2, -0.15) is 0 Å². The number of amides is 2. The molecule has 19 heavy (non-hydrogen) atoms. The molecule has 1 saturated heterocycles. The first-order valence-corrected chi connectivity index (χ1v) is 6.56. The summed E-state index contributed by atoms with van der Waals surface area (Å²) in [5, 5.41) is 6.29. The number of carbonyl (C=O) groups is 2. The van der Waals surface area contributed by atoms with Crippen LogP contribution >= 0.6 is 11.6 Å². The lowest BCUT2D eigenvalue weighted by molar-refractivity contribution is -0.120. The van der Waals surface area contributed by atoms with Crippen molar-refractivity contribution in [2.24, 2.45) is 11.7 Å². The van der Waals surface area contributed by atoms with Crippen LogP contribution in [0.3, 0.4) is 0 Å². The maximum atomic E-state index is 12.0. The fourth-order valence-electron chi connectivity index (χ4n) is 2.12. The lowest BCUT2D eigenvalue weighted by atomic mass is 9.97. The predicted octanol–water partition coefficient (Wildman–Crippen LogP) is 1.38. The molecule has 1 fully saturated rings. The molecule has 0 aromatic heterocycles. The van der Waals surface area contributed by atoms with Gasteiger partial charge in [0.1, 0.15) is 0 Å². The van der Waals surface area contributed by atoms with Crippen molar-refractivity contribution in [1.29, 1.82) is 0 Å². The molecule has 0 aliphatic carbocycles. The number of carbonyl (C=O) groups excluding carboxylic acids is 2. The fraction of sp³-hybridized carbons (Fsp3) is 0.385. The highest BCUT2D eigenvalue weighted by Gasteiger charge is 2.21. The topological polar surface area (TPSA) is 84.2 Å². The second-order valence-electron chi connectivity index (χ2n) is 4.57. The molecular weight excluding hydrogens is 266 g/mol. The van der Waals surface area contributed by atoms with Crippen molar-refractivity contribution in [3.05, 3.63) is 28.8 Å². The van der Waals surface area contributed by atoms with Crippen molar-refractivity contribution < 1.29 is 9.59 Å². The molecule has 2 rings (SSSR count). The van der Waals surface area contributed by atoms with Crippen LogP contribution < -0.4 is 16.4 Å². The zero-order valence-corrected chi connectivity index (χ0v) is 11.2.